The Hall–Kier alpha value is -2.63. The van der Waals surface area contributed by atoms with Gasteiger partial charge in [0.15, 0.2) is 0 Å². The third kappa shape index (κ3) is 1.46. The molecular formula is C12H10N4O2. The number of aryl methyl sites for hydroxylation is 1. The second kappa shape index (κ2) is 3.69. The summed E-state index contributed by atoms with van der Waals surface area (Å²) in [5.74, 6) is -1.02. The fourth-order valence-corrected chi connectivity index (χ4v) is 1.99. The number of carboxylic acids is 1. The number of carboxylic acid groups (broad SMARTS) is 1. The van der Waals surface area contributed by atoms with Gasteiger partial charge in [-0.25, -0.2) is 9.78 Å². The lowest BCUT2D eigenvalue weighted by molar-refractivity contribution is 0.0690. The van der Waals surface area contributed by atoms with E-state index in [0.717, 1.165) is 16.6 Å². The van der Waals surface area contributed by atoms with Gasteiger partial charge < -0.3 is 9.67 Å². The van der Waals surface area contributed by atoms with Crippen LogP contribution in [0.2, 0.25) is 0 Å². The third-order valence-electron chi connectivity index (χ3n) is 2.82. The van der Waals surface area contributed by atoms with Crippen molar-refractivity contribution >= 4 is 17.0 Å². The van der Waals surface area contributed by atoms with E-state index in [9.17, 15) is 4.79 Å². The molecule has 90 valence electrons. The summed E-state index contributed by atoms with van der Waals surface area (Å²) < 4.78 is 1.89. The Bertz CT molecular complexity index is 741. The van der Waals surface area contributed by atoms with Gasteiger partial charge in [-0.15, -0.1) is 0 Å². The molecule has 3 heterocycles. The van der Waals surface area contributed by atoms with Gasteiger partial charge >= 0.3 is 5.97 Å². The third-order valence-corrected chi connectivity index (χ3v) is 2.82. The summed E-state index contributed by atoms with van der Waals surface area (Å²) in [6.45, 7) is 0. The van der Waals surface area contributed by atoms with E-state index in [2.05, 4.69) is 15.2 Å². The molecule has 3 aromatic rings. The van der Waals surface area contributed by atoms with Gasteiger partial charge in [0.1, 0.15) is 11.3 Å². The summed E-state index contributed by atoms with van der Waals surface area (Å²) in [5, 5.41) is 16.3. The molecule has 0 amide bonds. The standard InChI is InChI=1S/C12H10N4O2/c1-16-6-8(7-3-2-4-13-11(7)16)9-5-10(12(17)18)15-14-9/h2-6H,1H3,(H,14,15)(H,17,18). The summed E-state index contributed by atoms with van der Waals surface area (Å²) in [4.78, 5) is 15.1. The Kier molecular flexibility index (Phi) is 2.16. The van der Waals surface area contributed by atoms with Crippen molar-refractivity contribution in [3.8, 4) is 11.3 Å². The van der Waals surface area contributed by atoms with Crippen LogP contribution in [0.3, 0.4) is 0 Å². The molecule has 2 N–H and O–H groups in total. The molecule has 0 spiro atoms. The first-order valence-electron chi connectivity index (χ1n) is 5.36. The van der Waals surface area contributed by atoms with Crippen molar-refractivity contribution in [2.75, 3.05) is 0 Å². The molecule has 0 aromatic carbocycles. The number of aromatic carboxylic acids is 1. The van der Waals surface area contributed by atoms with Gasteiger partial charge in [0.05, 0.1) is 5.69 Å². The molecule has 0 saturated carbocycles. The summed E-state index contributed by atoms with van der Waals surface area (Å²) >= 11 is 0. The van der Waals surface area contributed by atoms with Gasteiger partial charge in [0, 0.05) is 30.4 Å². The zero-order chi connectivity index (χ0) is 12.7. The van der Waals surface area contributed by atoms with E-state index in [0.29, 0.717) is 5.69 Å². The van der Waals surface area contributed by atoms with Crippen LogP contribution in [0.1, 0.15) is 10.5 Å². The minimum absolute atomic E-state index is 0.0749. The Morgan fingerprint density at radius 2 is 2.33 bits per heavy atom. The largest absolute Gasteiger partial charge is 0.477 e. The molecule has 0 unspecified atom stereocenters. The van der Waals surface area contributed by atoms with Crippen molar-refractivity contribution in [3.05, 3.63) is 36.3 Å². The van der Waals surface area contributed by atoms with E-state index in [-0.39, 0.29) is 5.69 Å². The van der Waals surface area contributed by atoms with Gasteiger partial charge in [0.2, 0.25) is 0 Å². The highest BCUT2D eigenvalue weighted by Crippen LogP contribution is 2.27. The lowest BCUT2D eigenvalue weighted by Crippen LogP contribution is -1.95. The minimum atomic E-state index is -1.02. The number of fused-ring (bicyclic) bond motifs is 1. The maximum atomic E-state index is 10.8. The first-order valence-corrected chi connectivity index (χ1v) is 5.36. The number of nitrogens with zero attached hydrogens (tertiary/aromatic N) is 3. The molecule has 0 bridgehead atoms. The zero-order valence-electron chi connectivity index (χ0n) is 9.58. The Morgan fingerprint density at radius 1 is 1.50 bits per heavy atom. The predicted molar refractivity (Wildman–Crippen MR) is 65.3 cm³/mol. The molecule has 18 heavy (non-hydrogen) atoms. The number of aromatic amines is 1. The molecule has 0 fully saturated rings. The highest BCUT2D eigenvalue weighted by molar-refractivity contribution is 5.94. The molecule has 3 rings (SSSR count). The fraction of sp³-hybridized carbons (Fsp3) is 0.0833. The van der Waals surface area contributed by atoms with E-state index in [4.69, 9.17) is 5.11 Å². The van der Waals surface area contributed by atoms with Crippen LogP contribution in [-0.4, -0.2) is 30.8 Å². The zero-order valence-corrected chi connectivity index (χ0v) is 9.58. The highest BCUT2D eigenvalue weighted by Gasteiger charge is 2.14. The number of hydrogen-bond acceptors (Lipinski definition) is 3. The number of carbonyl (C=O) groups is 1. The second-order valence-electron chi connectivity index (χ2n) is 4.00. The quantitative estimate of drug-likeness (QED) is 0.715. The van der Waals surface area contributed by atoms with Crippen molar-refractivity contribution in [1.29, 1.82) is 0 Å². The minimum Gasteiger partial charge on any atom is -0.477 e. The Morgan fingerprint density at radius 3 is 3.06 bits per heavy atom. The number of hydrogen-bond donors (Lipinski definition) is 2. The molecule has 3 aromatic heterocycles. The summed E-state index contributed by atoms with van der Waals surface area (Å²) in [6.07, 6.45) is 3.61. The van der Waals surface area contributed by atoms with E-state index in [1.807, 2.05) is 29.9 Å². The first-order chi connectivity index (χ1) is 8.66. The summed E-state index contributed by atoms with van der Waals surface area (Å²) in [7, 11) is 1.89. The van der Waals surface area contributed by atoms with Crippen LogP contribution in [0, 0.1) is 0 Å². The molecular weight excluding hydrogens is 232 g/mol. The maximum Gasteiger partial charge on any atom is 0.353 e. The van der Waals surface area contributed by atoms with Gasteiger partial charge in [-0.05, 0) is 18.2 Å². The molecule has 0 saturated heterocycles. The topological polar surface area (TPSA) is 83.8 Å². The van der Waals surface area contributed by atoms with Crippen molar-refractivity contribution in [1.82, 2.24) is 19.7 Å². The Labute approximate surface area is 102 Å². The smallest absolute Gasteiger partial charge is 0.353 e. The van der Waals surface area contributed by atoms with Crippen LogP contribution in [-0.2, 0) is 7.05 Å². The molecule has 0 aliphatic carbocycles. The molecule has 0 aliphatic heterocycles. The van der Waals surface area contributed by atoms with Crippen LogP contribution in [0.25, 0.3) is 22.3 Å². The molecule has 0 aliphatic rings. The van der Waals surface area contributed by atoms with Crippen molar-refractivity contribution in [2.24, 2.45) is 7.05 Å². The lowest BCUT2D eigenvalue weighted by Gasteiger charge is -1.92. The molecule has 0 radical (unpaired) electrons. The molecule has 6 nitrogen and oxygen atoms in total. The number of pyridine rings is 1. The van der Waals surface area contributed by atoms with E-state index in [1.165, 1.54) is 6.07 Å². The molecule has 6 heteroatoms. The average molecular weight is 242 g/mol. The van der Waals surface area contributed by atoms with Gasteiger partial charge in [-0.2, -0.15) is 5.10 Å². The van der Waals surface area contributed by atoms with E-state index >= 15 is 0 Å². The van der Waals surface area contributed by atoms with Crippen LogP contribution < -0.4 is 0 Å². The molecule has 0 atom stereocenters. The van der Waals surface area contributed by atoms with Crippen LogP contribution in [0.15, 0.2) is 30.6 Å². The second-order valence-corrected chi connectivity index (χ2v) is 4.00. The lowest BCUT2D eigenvalue weighted by atomic mass is 10.1. The van der Waals surface area contributed by atoms with Crippen molar-refractivity contribution in [2.45, 2.75) is 0 Å². The highest BCUT2D eigenvalue weighted by atomic mass is 16.4. The number of rotatable bonds is 2. The van der Waals surface area contributed by atoms with E-state index in [1.54, 1.807) is 6.20 Å². The number of aromatic nitrogens is 4. The van der Waals surface area contributed by atoms with Crippen molar-refractivity contribution < 1.29 is 9.90 Å². The predicted octanol–water partition coefficient (Wildman–Crippen LogP) is 1.66. The normalized spacial score (nSPS) is 10.9. The summed E-state index contributed by atoms with van der Waals surface area (Å²) in [5.41, 5.74) is 2.38. The SMILES string of the molecule is Cn1cc(-c2cc(C(=O)O)[nH]n2)c2cccnc21. The first kappa shape index (κ1) is 10.5. The van der Waals surface area contributed by atoms with Gasteiger partial charge in [0.25, 0.3) is 0 Å². The monoisotopic (exact) mass is 242 g/mol. The average Bonchev–Trinajstić information content (AvgIpc) is 2.95. The van der Waals surface area contributed by atoms with E-state index < -0.39 is 5.97 Å². The Balaban J connectivity index is 2.22. The maximum absolute atomic E-state index is 10.8. The van der Waals surface area contributed by atoms with Crippen LogP contribution in [0.5, 0.6) is 0 Å². The fourth-order valence-electron chi connectivity index (χ4n) is 1.99. The number of nitrogens with one attached hydrogen (secondary N) is 1. The number of H-pyrrole nitrogens is 1. The van der Waals surface area contributed by atoms with Crippen LogP contribution in [0.4, 0.5) is 0 Å². The van der Waals surface area contributed by atoms with Crippen molar-refractivity contribution in [3.63, 3.8) is 0 Å². The summed E-state index contributed by atoms with van der Waals surface area (Å²) in [6, 6.07) is 5.30. The van der Waals surface area contributed by atoms with Gasteiger partial charge in [-0.1, -0.05) is 0 Å². The van der Waals surface area contributed by atoms with Gasteiger partial charge in [-0.3, -0.25) is 5.10 Å². The van der Waals surface area contributed by atoms with Crippen LogP contribution >= 0.6 is 0 Å².